The molecule has 1 rings (SSSR count). The van der Waals surface area contributed by atoms with Gasteiger partial charge in [0.15, 0.2) is 0 Å². The van der Waals surface area contributed by atoms with Gasteiger partial charge in [0.25, 0.3) is 0 Å². The molecular formula is C13H22N4O3. The van der Waals surface area contributed by atoms with E-state index < -0.39 is 17.5 Å². The maximum Gasteiger partial charge on any atom is 0.329 e. The Kier molecular flexibility index (Phi) is 5.12. The summed E-state index contributed by atoms with van der Waals surface area (Å²) in [6.45, 7) is 5.41. The predicted molar refractivity (Wildman–Crippen MR) is 75.7 cm³/mol. The first-order chi connectivity index (χ1) is 9.38. The molecule has 0 aliphatic heterocycles. The van der Waals surface area contributed by atoms with Gasteiger partial charge in [-0.15, -0.1) is 0 Å². The number of rotatable bonds is 6. The van der Waals surface area contributed by atoms with Gasteiger partial charge in [0.2, 0.25) is 0 Å². The molecule has 1 aromatic heterocycles. The lowest BCUT2D eigenvalue weighted by Crippen LogP contribution is -2.55. The normalized spacial score (nSPS) is 11.2. The molecule has 7 nitrogen and oxygen atoms in total. The zero-order valence-electron chi connectivity index (χ0n) is 12.4. The number of carbonyl (C=O) groups is 2. The summed E-state index contributed by atoms with van der Waals surface area (Å²) >= 11 is 0. The van der Waals surface area contributed by atoms with E-state index >= 15 is 0 Å². The topological polar surface area (TPSA) is 96.3 Å². The highest BCUT2D eigenvalue weighted by molar-refractivity contribution is 5.94. The lowest BCUT2D eigenvalue weighted by Gasteiger charge is -2.27. The van der Waals surface area contributed by atoms with Gasteiger partial charge < -0.3 is 15.7 Å². The summed E-state index contributed by atoms with van der Waals surface area (Å²) in [7, 11) is 1.77. The van der Waals surface area contributed by atoms with E-state index in [9.17, 15) is 14.7 Å². The third kappa shape index (κ3) is 3.28. The number of anilines is 1. The molecular weight excluding hydrogens is 260 g/mol. The van der Waals surface area contributed by atoms with Crippen molar-refractivity contribution < 1.29 is 14.7 Å². The van der Waals surface area contributed by atoms with Gasteiger partial charge in [0, 0.05) is 13.2 Å². The fourth-order valence-electron chi connectivity index (χ4n) is 2.05. The van der Waals surface area contributed by atoms with Gasteiger partial charge in [0.05, 0.1) is 11.4 Å². The minimum Gasteiger partial charge on any atom is -0.480 e. The minimum absolute atomic E-state index is 0.319. The van der Waals surface area contributed by atoms with Crippen LogP contribution in [-0.4, -0.2) is 32.4 Å². The van der Waals surface area contributed by atoms with Gasteiger partial charge in [-0.05, 0) is 19.3 Å². The third-order valence-electron chi connectivity index (χ3n) is 3.46. The van der Waals surface area contributed by atoms with Crippen LogP contribution in [0.1, 0.15) is 39.3 Å². The SMILES string of the molecule is CCc1nn(C)cc1NC(=O)NC(CC)(CC)C(=O)O. The van der Waals surface area contributed by atoms with E-state index in [1.165, 1.54) is 0 Å². The lowest BCUT2D eigenvalue weighted by molar-refractivity contribution is -0.144. The van der Waals surface area contributed by atoms with Crippen molar-refractivity contribution in [1.82, 2.24) is 15.1 Å². The molecule has 20 heavy (non-hydrogen) atoms. The Balaban J connectivity index is 2.83. The molecule has 0 unspecified atom stereocenters. The number of hydrogen-bond donors (Lipinski definition) is 3. The van der Waals surface area contributed by atoms with Crippen LogP contribution in [-0.2, 0) is 18.3 Å². The van der Waals surface area contributed by atoms with Gasteiger partial charge >= 0.3 is 12.0 Å². The van der Waals surface area contributed by atoms with E-state index in [0.29, 0.717) is 24.9 Å². The second-order valence-electron chi connectivity index (χ2n) is 4.69. The van der Waals surface area contributed by atoms with Gasteiger partial charge in [-0.2, -0.15) is 5.10 Å². The second-order valence-corrected chi connectivity index (χ2v) is 4.69. The summed E-state index contributed by atoms with van der Waals surface area (Å²) in [5, 5.41) is 18.7. The number of aromatic nitrogens is 2. The van der Waals surface area contributed by atoms with Crippen LogP contribution in [0.3, 0.4) is 0 Å². The molecule has 0 spiro atoms. The number of aryl methyl sites for hydroxylation is 2. The van der Waals surface area contributed by atoms with Crippen LogP contribution in [0, 0.1) is 0 Å². The van der Waals surface area contributed by atoms with Crippen LogP contribution in [0.4, 0.5) is 10.5 Å². The van der Waals surface area contributed by atoms with Gasteiger partial charge in [-0.3, -0.25) is 4.68 Å². The minimum atomic E-state index is -1.24. The number of nitrogens with one attached hydrogen (secondary N) is 2. The fourth-order valence-corrected chi connectivity index (χ4v) is 2.05. The number of carboxylic acid groups (broad SMARTS) is 1. The molecule has 0 atom stereocenters. The molecule has 0 radical (unpaired) electrons. The zero-order valence-corrected chi connectivity index (χ0v) is 12.4. The third-order valence-corrected chi connectivity index (χ3v) is 3.46. The number of nitrogens with zero attached hydrogens (tertiary/aromatic N) is 2. The van der Waals surface area contributed by atoms with Crippen molar-refractivity contribution in [2.24, 2.45) is 7.05 Å². The Morgan fingerprint density at radius 3 is 2.40 bits per heavy atom. The monoisotopic (exact) mass is 282 g/mol. The zero-order chi connectivity index (χ0) is 15.3. The molecule has 1 heterocycles. The predicted octanol–water partition coefficient (Wildman–Crippen LogP) is 1.75. The Labute approximate surface area is 118 Å². The first kappa shape index (κ1) is 16.0. The second kappa shape index (κ2) is 6.40. The van der Waals surface area contributed by atoms with Crippen molar-refractivity contribution in [2.75, 3.05) is 5.32 Å². The van der Waals surface area contributed by atoms with Crippen molar-refractivity contribution >= 4 is 17.7 Å². The van der Waals surface area contributed by atoms with Crippen LogP contribution in [0.5, 0.6) is 0 Å². The van der Waals surface area contributed by atoms with Crippen LogP contribution in [0.25, 0.3) is 0 Å². The molecule has 0 saturated heterocycles. The molecule has 2 amide bonds. The summed E-state index contributed by atoms with van der Waals surface area (Å²) in [6, 6.07) is -0.529. The first-order valence-electron chi connectivity index (χ1n) is 6.73. The fraction of sp³-hybridized carbons (Fsp3) is 0.615. The Morgan fingerprint density at radius 1 is 1.35 bits per heavy atom. The van der Waals surface area contributed by atoms with E-state index in [1.807, 2.05) is 6.92 Å². The maximum absolute atomic E-state index is 12.0. The Bertz CT molecular complexity index is 492. The van der Waals surface area contributed by atoms with Crippen molar-refractivity contribution in [1.29, 1.82) is 0 Å². The molecule has 3 N–H and O–H groups in total. The molecule has 0 saturated carbocycles. The summed E-state index contributed by atoms with van der Waals surface area (Å²) in [5.41, 5.74) is 0.120. The summed E-state index contributed by atoms with van der Waals surface area (Å²) in [6.07, 6.45) is 3.01. The Hall–Kier alpha value is -2.05. The van der Waals surface area contributed by atoms with Crippen LogP contribution >= 0.6 is 0 Å². The molecule has 0 bridgehead atoms. The van der Waals surface area contributed by atoms with Crippen LogP contribution < -0.4 is 10.6 Å². The number of carboxylic acids is 1. The number of hydrogen-bond acceptors (Lipinski definition) is 3. The first-order valence-corrected chi connectivity index (χ1v) is 6.73. The van der Waals surface area contributed by atoms with Crippen molar-refractivity contribution in [3.8, 4) is 0 Å². The molecule has 1 aromatic rings. The van der Waals surface area contributed by atoms with Crippen molar-refractivity contribution in [2.45, 2.75) is 45.6 Å². The van der Waals surface area contributed by atoms with Gasteiger partial charge in [-0.25, -0.2) is 9.59 Å². The van der Waals surface area contributed by atoms with Crippen LogP contribution in [0.15, 0.2) is 6.20 Å². The van der Waals surface area contributed by atoms with E-state index in [4.69, 9.17) is 0 Å². The quantitative estimate of drug-likeness (QED) is 0.740. The highest BCUT2D eigenvalue weighted by atomic mass is 16.4. The standard InChI is InChI=1S/C13H22N4O3/c1-5-9-10(8-17(4)16-9)14-12(20)15-13(6-2,7-3)11(18)19/h8H,5-7H2,1-4H3,(H,18,19)(H2,14,15,20). The highest BCUT2D eigenvalue weighted by Gasteiger charge is 2.36. The maximum atomic E-state index is 12.0. The number of carbonyl (C=O) groups excluding carboxylic acids is 1. The molecule has 0 fully saturated rings. The average molecular weight is 282 g/mol. The van der Waals surface area contributed by atoms with Crippen LogP contribution in [0.2, 0.25) is 0 Å². The van der Waals surface area contributed by atoms with Gasteiger partial charge in [0.1, 0.15) is 5.54 Å². The Morgan fingerprint density at radius 2 is 1.95 bits per heavy atom. The van der Waals surface area contributed by atoms with E-state index in [0.717, 1.165) is 5.69 Å². The molecule has 0 aliphatic rings. The number of aliphatic carboxylic acids is 1. The number of urea groups is 1. The van der Waals surface area contributed by atoms with Gasteiger partial charge in [-0.1, -0.05) is 20.8 Å². The summed E-state index contributed by atoms with van der Waals surface area (Å²) in [4.78, 5) is 23.3. The van der Waals surface area contributed by atoms with E-state index in [-0.39, 0.29) is 0 Å². The average Bonchev–Trinajstić information content (AvgIpc) is 2.75. The smallest absolute Gasteiger partial charge is 0.329 e. The van der Waals surface area contributed by atoms with Crippen molar-refractivity contribution in [3.63, 3.8) is 0 Å². The largest absolute Gasteiger partial charge is 0.480 e. The molecule has 112 valence electrons. The molecule has 7 heteroatoms. The molecule has 0 aliphatic carbocycles. The lowest BCUT2D eigenvalue weighted by atomic mass is 9.93. The molecule has 0 aromatic carbocycles. The van der Waals surface area contributed by atoms with E-state index in [1.54, 1.807) is 31.8 Å². The van der Waals surface area contributed by atoms with Crippen molar-refractivity contribution in [3.05, 3.63) is 11.9 Å². The number of amides is 2. The summed E-state index contributed by atoms with van der Waals surface area (Å²) in [5.74, 6) is -1.03. The summed E-state index contributed by atoms with van der Waals surface area (Å²) < 4.78 is 1.61. The highest BCUT2D eigenvalue weighted by Crippen LogP contribution is 2.17. The van der Waals surface area contributed by atoms with E-state index in [2.05, 4.69) is 15.7 Å².